The molecule has 1 aromatic carbocycles. The molecule has 0 saturated heterocycles. The first kappa shape index (κ1) is 14.6. The van der Waals surface area contributed by atoms with Gasteiger partial charge in [0.2, 0.25) is 5.95 Å². The molecule has 1 aliphatic rings. The van der Waals surface area contributed by atoms with Crippen LogP contribution in [0.1, 0.15) is 18.1 Å². The van der Waals surface area contributed by atoms with Crippen molar-refractivity contribution < 1.29 is 0 Å². The molecule has 1 N–H and O–H groups in total. The van der Waals surface area contributed by atoms with E-state index < -0.39 is 0 Å². The number of nitrogens with zero attached hydrogens (tertiary/aromatic N) is 4. The van der Waals surface area contributed by atoms with Crippen molar-refractivity contribution in [2.45, 2.75) is 25.9 Å². The quantitative estimate of drug-likeness (QED) is 0.797. The first-order chi connectivity index (χ1) is 11.8. The van der Waals surface area contributed by atoms with Crippen molar-refractivity contribution in [2.24, 2.45) is 0 Å². The fraction of sp³-hybridized carbons (Fsp3) is 0.211. The number of para-hydroxylation sites is 1. The highest BCUT2D eigenvalue weighted by atomic mass is 15.3. The van der Waals surface area contributed by atoms with Crippen LogP contribution in [0.5, 0.6) is 0 Å². The molecule has 4 rings (SSSR count). The number of pyridine rings is 1. The molecule has 3 heterocycles. The van der Waals surface area contributed by atoms with Gasteiger partial charge in [-0.25, -0.2) is 4.98 Å². The number of rotatable bonds is 4. The molecule has 120 valence electrons. The van der Waals surface area contributed by atoms with Crippen LogP contribution >= 0.6 is 0 Å². The number of fused-ring (bicyclic) bond motifs is 1. The summed E-state index contributed by atoms with van der Waals surface area (Å²) in [4.78, 5) is 15.5. The van der Waals surface area contributed by atoms with Crippen LogP contribution in [-0.2, 0) is 13.0 Å². The number of hydrogen-bond acceptors (Lipinski definition) is 5. The molecular formula is C19H19N5. The molecule has 5 nitrogen and oxygen atoms in total. The van der Waals surface area contributed by atoms with Gasteiger partial charge in [-0.2, -0.15) is 4.98 Å². The lowest BCUT2D eigenvalue weighted by atomic mass is 10.1. The van der Waals surface area contributed by atoms with E-state index in [0.717, 1.165) is 23.8 Å². The molecule has 0 saturated carbocycles. The van der Waals surface area contributed by atoms with Gasteiger partial charge in [-0.1, -0.05) is 24.3 Å². The molecule has 5 heteroatoms. The zero-order valence-corrected chi connectivity index (χ0v) is 13.6. The molecule has 1 unspecified atom stereocenters. The molecule has 0 radical (unpaired) electrons. The Morgan fingerprint density at radius 2 is 2.04 bits per heavy atom. The van der Waals surface area contributed by atoms with Crippen LogP contribution in [0.25, 0.3) is 0 Å². The summed E-state index contributed by atoms with van der Waals surface area (Å²) < 4.78 is 0. The van der Waals surface area contributed by atoms with Crippen molar-refractivity contribution in [3.05, 3.63) is 72.2 Å². The van der Waals surface area contributed by atoms with Gasteiger partial charge >= 0.3 is 0 Å². The summed E-state index contributed by atoms with van der Waals surface area (Å²) in [5, 5.41) is 3.35. The molecule has 0 fully saturated rings. The molecule has 2 aromatic heterocycles. The molecule has 0 bridgehead atoms. The second kappa shape index (κ2) is 6.28. The fourth-order valence-corrected chi connectivity index (χ4v) is 3.13. The second-order valence-corrected chi connectivity index (χ2v) is 6.01. The smallest absolute Gasteiger partial charge is 0.232 e. The Kier molecular flexibility index (Phi) is 3.83. The van der Waals surface area contributed by atoms with Crippen LogP contribution in [0.3, 0.4) is 0 Å². The van der Waals surface area contributed by atoms with Crippen molar-refractivity contribution in [1.82, 2.24) is 15.0 Å². The van der Waals surface area contributed by atoms with Gasteiger partial charge in [0.1, 0.15) is 5.82 Å². The summed E-state index contributed by atoms with van der Waals surface area (Å²) in [6.07, 6.45) is 6.46. The number of anilines is 3. The van der Waals surface area contributed by atoms with E-state index in [0.29, 0.717) is 12.6 Å². The Labute approximate surface area is 141 Å². The zero-order valence-electron chi connectivity index (χ0n) is 13.6. The minimum absolute atomic E-state index is 0.357. The summed E-state index contributed by atoms with van der Waals surface area (Å²) in [7, 11) is 0. The van der Waals surface area contributed by atoms with Crippen molar-refractivity contribution in [1.29, 1.82) is 0 Å². The number of benzene rings is 1. The lowest BCUT2D eigenvalue weighted by molar-refractivity contribution is 0.740. The Balaban J connectivity index is 1.57. The lowest BCUT2D eigenvalue weighted by Crippen LogP contribution is -2.26. The highest BCUT2D eigenvalue weighted by Gasteiger charge is 2.28. The Bertz CT molecular complexity index is 834. The summed E-state index contributed by atoms with van der Waals surface area (Å²) in [6, 6.07) is 14.7. The topological polar surface area (TPSA) is 53.9 Å². The van der Waals surface area contributed by atoms with E-state index in [9.17, 15) is 0 Å². The molecule has 1 atom stereocenters. The van der Waals surface area contributed by atoms with Gasteiger partial charge in [0.25, 0.3) is 0 Å². The summed E-state index contributed by atoms with van der Waals surface area (Å²) in [6.45, 7) is 2.90. The van der Waals surface area contributed by atoms with Gasteiger partial charge in [0, 0.05) is 36.9 Å². The fourth-order valence-electron chi connectivity index (χ4n) is 3.13. The number of aromatic nitrogens is 3. The summed E-state index contributed by atoms with van der Waals surface area (Å²) in [5.41, 5.74) is 3.68. The molecule has 0 amide bonds. The van der Waals surface area contributed by atoms with Crippen LogP contribution in [-0.4, -0.2) is 21.0 Å². The van der Waals surface area contributed by atoms with E-state index in [1.807, 2.05) is 30.6 Å². The third-order valence-corrected chi connectivity index (χ3v) is 4.26. The van der Waals surface area contributed by atoms with Gasteiger partial charge < -0.3 is 10.2 Å². The molecule has 0 aliphatic carbocycles. The second-order valence-electron chi connectivity index (χ2n) is 6.01. The minimum Gasteiger partial charge on any atom is -0.366 e. The Morgan fingerprint density at radius 1 is 1.12 bits per heavy atom. The highest BCUT2D eigenvalue weighted by Crippen LogP contribution is 2.36. The van der Waals surface area contributed by atoms with Gasteiger partial charge in [0.05, 0.1) is 0 Å². The van der Waals surface area contributed by atoms with Gasteiger partial charge in [-0.05, 0) is 42.7 Å². The van der Waals surface area contributed by atoms with E-state index in [1.165, 1.54) is 11.3 Å². The van der Waals surface area contributed by atoms with Crippen LogP contribution in [0.15, 0.2) is 61.1 Å². The van der Waals surface area contributed by atoms with Crippen molar-refractivity contribution >= 4 is 17.5 Å². The highest BCUT2D eigenvalue weighted by molar-refractivity contribution is 5.67. The average Bonchev–Trinajstić information content (AvgIpc) is 2.97. The maximum atomic E-state index is 4.70. The van der Waals surface area contributed by atoms with Crippen LogP contribution in [0, 0.1) is 0 Å². The minimum atomic E-state index is 0.357. The van der Waals surface area contributed by atoms with Gasteiger partial charge in [0.15, 0.2) is 0 Å². The van der Waals surface area contributed by atoms with Crippen molar-refractivity contribution in [2.75, 3.05) is 10.2 Å². The Morgan fingerprint density at radius 3 is 2.92 bits per heavy atom. The normalized spacial score (nSPS) is 16.0. The van der Waals surface area contributed by atoms with E-state index >= 15 is 0 Å². The summed E-state index contributed by atoms with van der Waals surface area (Å²) >= 11 is 0. The van der Waals surface area contributed by atoms with Gasteiger partial charge in [-0.3, -0.25) is 4.98 Å². The lowest BCUT2D eigenvalue weighted by Gasteiger charge is -2.23. The number of nitrogens with one attached hydrogen (secondary N) is 1. The first-order valence-corrected chi connectivity index (χ1v) is 8.14. The predicted molar refractivity (Wildman–Crippen MR) is 95.3 cm³/mol. The first-order valence-electron chi connectivity index (χ1n) is 8.14. The maximum absolute atomic E-state index is 4.70. The monoisotopic (exact) mass is 317 g/mol. The molecule has 3 aromatic rings. The van der Waals surface area contributed by atoms with E-state index in [4.69, 9.17) is 4.98 Å². The molecule has 1 aliphatic heterocycles. The SMILES string of the molecule is CC1Cc2ccccc2N1c1nccc(NCc2cccnc2)n1. The molecule has 24 heavy (non-hydrogen) atoms. The Hall–Kier alpha value is -2.95. The maximum Gasteiger partial charge on any atom is 0.232 e. The third kappa shape index (κ3) is 2.80. The van der Waals surface area contributed by atoms with E-state index in [2.05, 4.69) is 51.4 Å². The van der Waals surface area contributed by atoms with Crippen molar-refractivity contribution in [3.8, 4) is 0 Å². The van der Waals surface area contributed by atoms with E-state index in [-0.39, 0.29) is 0 Å². The van der Waals surface area contributed by atoms with Crippen LogP contribution < -0.4 is 10.2 Å². The number of hydrogen-bond donors (Lipinski definition) is 1. The van der Waals surface area contributed by atoms with E-state index in [1.54, 1.807) is 6.20 Å². The molecular weight excluding hydrogens is 298 g/mol. The average molecular weight is 317 g/mol. The van der Waals surface area contributed by atoms with Crippen LogP contribution in [0.4, 0.5) is 17.5 Å². The molecule has 0 spiro atoms. The standard InChI is InChI=1S/C19H19N5/c1-14-11-16-6-2-3-7-17(16)24(14)19-21-10-8-18(23-19)22-13-15-5-4-9-20-12-15/h2-10,12,14H,11,13H2,1H3,(H,21,22,23). The summed E-state index contributed by atoms with van der Waals surface area (Å²) in [5.74, 6) is 1.56. The van der Waals surface area contributed by atoms with Crippen molar-refractivity contribution in [3.63, 3.8) is 0 Å². The predicted octanol–water partition coefficient (Wildman–Crippen LogP) is 3.57. The van der Waals surface area contributed by atoms with Gasteiger partial charge in [-0.15, -0.1) is 0 Å². The zero-order chi connectivity index (χ0) is 16.4. The third-order valence-electron chi connectivity index (χ3n) is 4.26. The largest absolute Gasteiger partial charge is 0.366 e. The van der Waals surface area contributed by atoms with Crippen LogP contribution in [0.2, 0.25) is 0 Å².